The van der Waals surface area contributed by atoms with Gasteiger partial charge in [0.25, 0.3) is 0 Å². The second kappa shape index (κ2) is 6.59. The van der Waals surface area contributed by atoms with Crippen molar-refractivity contribution in [3.8, 4) is 0 Å². The molecule has 1 heterocycles. The van der Waals surface area contributed by atoms with E-state index in [1.807, 2.05) is 13.8 Å². The van der Waals surface area contributed by atoms with Gasteiger partial charge in [0.1, 0.15) is 0 Å². The Labute approximate surface area is 140 Å². The molecule has 124 valence electrons. The number of halogens is 1. The Balaban J connectivity index is 2.40. The van der Waals surface area contributed by atoms with Crippen molar-refractivity contribution < 1.29 is 16.8 Å². The minimum Gasteiger partial charge on any atom is -0.229 e. The second-order valence-corrected chi connectivity index (χ2v) is 10.6. The van der Waals surface area contributed by atoms with E-state index in [9.17, 15) is 16.8 Å². The third kappa shape index (κ3) is 3.72. The van der Waals surface area contributed by atoms with Crippen molar-refractivity contribution in [2.75, 3.05) is 18.1 Å². The summed E-state index contributed by atoms with van der Waals surface area (Å²) in [6.45, 7) is 4.05. The summed E-state index contributed by atoms with van der Waals surface area (Å²) in [5.74, 6) is -0.0193. The molecule has 0 N–H and O–H groups in total. The van der Waals surface area contributed by atoms with Crippen LogP contribution in [0.1, 0.15) is 25.3 Å². The average Bonchev–Trinajstić information content (AvgIpc) is 2.78. The Kier molecular flexibility index (Phi) is 5.36. The molecule has 0 radical (unpaired) electrons. The molecule has 1 aromatic carbocycles. The molecule has 1 atom stereocenters. The van der Waals surface area contributed by atoms with Crippen LogP contribution in [0, 0.1) is 6.92 Å². The van der Waals surface area contributed by atoms with E-state index in [0.717, 1.165) is 10.0 Å². The van der Waals surface area contributed by atoms with Gasteiger partial charge >= 0.3 is 0 Å². The van der Waals surface area contributed by atoms with Gasteiger partial charge in [0.05, 0.1) is 16.4 Å². The van der Waals surface area contributed by atoms with Crippen molar-refractivity contribution in [3.63, 3.8) is 0 Å². The van der Waals surface area contributed by atoms with E-state index in [1.54, 1.807) is 18.2 Å². The third-order valence-corrected chi connectivity index (χ3v) is 8.38. The summed E-state index contributed by atoms with van der Waals surface area (Å²) in [6.07, 6.45) is 1.02. The van der Waals surface area contributed by atoms with Crippen molar-refractivity contribution in [2.24, 2.45) is 0 Å². The Morgan fingerprint density at radius 3 is 2.55 bits per heavy atom. The van der Waals surface area contributed by atoms with E-state index in [-0.39, 0.29) is 16.4 Å². The molecule has 8 heteroatoms. The second-order valence-electron chi connectivity index (χ2n) is 5.58. The summed E-state index contributed by atoms with van der Waals surface area (Å²) in [6, 6.07) is 4.42. The summed E-state index contributed by atoms with van der Waals surface area (Å²) in [4.78, 5) is 0.214. The van der Waals surface area contributed by atoms with Gasteiger partial charge in [0.15, 0.2) is 9.84 Å². The maximum absolute atomic E-state index is 12.9. The molecule has 1 aliphatic heterocycles. The SMILES string of the molecule is CCCN(C1CCS(=O)(=O)C1)S(=O)(=O)c1ccc(Br)c(C)c1. The van der Waals surface area contributed by atoms with Gasteiger partial charge in [0.2, 0.25) is 10.0 Å². The molecular formula is C14H20BrNO4S2. The number of aryl methyl sites for hydroxylation is 1. The number of nitrogens with zero attached hydrogens (tertiary/aromatic N) is 1. The number of sulfone groups is 1. The molecule has 0 aliphatic carbocycles. The monoisotopic (exact) mass is 409 g/mol. The highest BCUT2D eigenvalue weighted by atomic mass is 79.9. The third-order valence-electron chi connectivity index (χ3n) is 3.80. The predicted molar refractivity (Wildman–Crippen MR) is 90.1 cm³/mol. The number of sulfonamides is 1. The fourth-order valence-electron chi connectivity index (χ4n) is 2.63. The number of rotatable bonds is 5. The molecule has 0 aromatic heterocycles. The zero-order valence-corrected chi connectivity index (χ0v) is 15.8. The summed E-state index contributed by atoms with van der Waals surface area (Å²) in [5.41, 5.74) is 0.830. The minimum atomic E-state index is -3.69. The first-order chi connectivity index (χ1) is 10.2. The van der Waals surface area contributed by atoms with Gasteiger partial charge in [-0.25, -0.2) is 16.8 Å². The first-order valence-corrected chi connectivity index (χ1v) is 11.2. The highest BCUT2D eigenvalue weighted by Gasteiger charge is 2.38. The van der Waals surface area contributed by atoms with Crippen LogP contribution in [0.2, 0.25) is 0 Å². The first kappa shape index (κ1) is 17.9. The maximum atomic E-state index is 12.9. The molecule has 22 heavy (non-hydrogen) atoms. The van der Waals surface area contributed by atoms with Crippen LogP contribution in [-0.2, 0) is 19.9 Å². The fourth-order valence-corrected chi connectivity index (χ4v) is 6.54. The highest BCUT2D eigenvalue weighted by molar-refractivity contribution is 9.10. The van der Waals surface area contributed by atoms with Crippen LogP contribution in [0.3, 0.4) is 0 Å². The number of hydrogen-bond acceptors (Lipinski definition) is 4. The molecule has 0 saturated carbocycles. The lowest BCUT2D eigenvalue weighted by Gasteiger charge is -2.27. The van der Waals surface area contributed by atoms with E-state index in [0.29, 0.717) is 19.4 Å². The molecule has 0 amide bonds. The Morgan fingerprint density at radius 2 is 2.05 bits per heavy atom. The lowest BCUT2D eigenvalue weighted by Crippen LogP contribution is -2.41. The summed E-state index contributed by atoms with van der Waals surface area (Å²) < 4.78 is 51.4. The molecule has 1 aliphatic rings. The van der Waals surface area contributed by atoms with Crippen molar-refractivity contribution in [1.82, 2.24) is 4.31 Å². The smallest absolute Gasteiger partial charge is 0.229 e. The standard InChI is InChI=1S/C14H20BrNO4S2/c1-3-7-16(12-6-8-21(17,18)10-12)22(19,20)13-4-5-14(15)11(2)9-13/h4-5,9,12H,3,6-8,10H2,1-2H3. The first-order valence-electron chi connectivity index (χ1n) is 7.16. The molecule has 1 unspecified atom stereocenters. The normalized spacial score (nSPS) is 21.4. The van der Waals surface area contributed by atoms with Gasteiger partial charge < -0.3 is 0 Å². The van der Waals surface area contributed by atoms with Crippen molar-refractivity contribution >= 4 is 35.8 Å². The van der Waals surface area contributed by atoms with Gasteiger partial charge in [0, 0.05) is 17.1 Å². The molecule has 2 rings (SSSR count). The summed E-state index contributed by atoms with van der Waals surface area (Å²) in [5, 5.41) is 0. The van der Waals surface area contributed by atoms with E-state index < -0.39 is 25.9 Å². The van der Waals surface area contributed by atoms with Crippen LogP contribution >= 0.6 is 15.9 Å². The lowest BCUT2D eigenvalue weighted by atomic mass is 10.2. The van der Waals surface area contributed by atoms with Crippen LogP contribution in [0.5, 0.6) is 0 Å². The van der Waals surface area contributed by atoms with E-state index in [4.69, 9.17) is 0 Å². The fraction of sp³-hybridized carbons (Fsp3) is 0.571. The van der Waals surface area contributed by atoms with Crippen LogP contribution in [0.15, 0.2) is 27.6 Å². The molecule has 1 aromatic rings. The topological polar surface area (TPSA) is 71.5 Å². The Hall–Kier alpha value is -0.440. The van der Waals surface area contributed by atoms with Crippen LogP contribution in [0.25, 0.3) is 0 Å². The molecule has 5 nitrogen and oxygen atoms in total. The highest BCUT2D eigenvalue weighted by Crippen LogP contribution is 2.27. The molecule has 1 fully saturated rings. The zero-order chi connectivity index (χ0) is 16.5. The van der Waals surface area contributed by atoms with Gasteiger partial charge in [-0.2, -0.15) is 4.31 Å². The minimum absolute atomic E-state index is 0.0623. The van der Waals surface area contributed by atoms with E-state index in [2.05, 4.69) is 15.9 Å². The van der Waals surface area contributed by atoms with Crippen LogP contribution in [0.4, 0.5) is 0 Å². The molecular weight excluding hydrogens is 390 g/mol. The van der Waals surface area contributed by atoms with E-state index >= 15 is 0 Å². The summed E-state index contributed by atoms with van der Waals surface area (Å²) >= 11 is 3.36. The van der Waals surface area contributed by atoms with Gasteiger partial charge in [-0.3, -0.25) is 0 Å². The predicted octanol–water partition coefficient (Wildman–Crippen LogP) is 2.35. The van der Waals surface area contributed by atoms with Crippen molar-refractivity contribution in [3.05, 3.63) is 28.2 Å². The zero-order valence-electron chi connectivity index (χ0n) is 12.6. The van der Waals surface area contributed by atoms with Gasteiger partial charge in [-0.05, 0) is 43.5 Å². The quantitative estimate of drug-likeness (QED) is 0.747. The summed E-state index contributed by atoms with van der Waals surface area (Å²) in [7, 11) is -6.82. The van der Waals surface area contributed by atoms with Gasteiger partial charge in [-0.15, -0.1) is 0 Å². The Bertz CT molecular complexity index is 759. The number of hydrogen-bond donors (Lipinski definition) is 0. The molecule has 1 saturated heterocycles. The lowest BCUT2D eigenvalue weighted by molar-refractivity contribution is 0.340. The van der Waals surface area contributed by atoms with Crippen LogP contribution < -0.4 is 0 Å². The van der Waals surface area contributed by atoms with Crippen molar-refractivity contribution in [1.29, 1.82) is 0 Å². The average molecular weight is 410 g/mol. The maximum Gasteiger partial charge on any atom is 0.243 e. The van der Waals surface area contributed by atoms with Gasteiger partial charge in [-0.1, -0.05) is 22.9 Å². The molecule has 0 bridgehead atoms. The molecule has 0 spiro atoms. The van der Waals surface area contributed by atoms with E-state index in [1.165, 1.54) is 4.31 Å². The number of benzene rings is 1. The Morgan fingerprint density at radius 1 is 1.36 bits per heavy atom. The van der Waals surface area contributed by atoms with Crippen LogP contribution in [-0.4, -0.2) is 45.2 Å². The largest absolute Gasteiger partial charge is 0.243 e. The van der Waals surface area contributed by atoms with Crippen molar-refractivity contribution in [2.45, 2.75) is 37.6 Å².